The zero-order valence-electron chi connectivity index (χ0n) is 8.62. The minimum absolute atomic E-state index is 0.387. The second-order valence-electron chi connectivity index (χ2n) is 3.65. The monoisotopic (exact) mass is 266 g/mol. The maximum Gasteiger partial charge on any atom is 0.0596 e. The van der Waals surface area contributed by atoms with Crippen LogP contribution in [0.15, 0.2) is 41.4 Å². The van der Waals surface area contributed by atoms with E-state index in [1.165, 1.54) is 5.69 Å². The molecule has 1 atom stereocenters. The van der Waals surface area contributed by atoms with Crippen LogP contribution in [0.4, 0.5) is 5.69 Å². The van der Waals surface area contributed by atoms with Crippen LogP contribution < -0.4 is 10.2 Å². The molecule has 0 aromatic heterocycles. The van der Waals surface area contributed by atoms with Gasteiger partial charge in [-0.3, -0.25) is 0 Å². The minimum atomic E-state index is 0.387. The number of piperazine rings is 1. The topological polar surface area (TPSA) is 15.3 Å². The standard InChI is InChI=1S/C12H15BrN2/c1-2-10-9-14-7-8-15(10)12-6-4-3-5-11(12)13/h2-6,10,14H,1,7-9H2/t10-/m1/s1. The summed E-state index contributed by atoms with van der Waals surface area (Å²) in [6.45, 7) is 6.93. The van der Waals surface area contributed by atoms with Crippen LogP contribution in [-0.4, -0.2) is 25.7 Å². The highest BCUT2D eigenvalue weighted by Crippen LogP contribution is 2.27. The lowest BCUT2D eigenvalue weighted by atomic mass is 10.1. The molecule has 1 saturated heterocycles. The number of halogens is 1. The second kappa shape index (κ2) is 4.81. The van der Waals surface area contributed by atoms with Gasteiger partial charge in [-0.25, -0.2) is 0 Å². The van der Waals surface area contributed by atoms with Gasteiger partial charge in [-0.1, -0.05) is 18.2 Å². The Morgan fingerprint density at radius 1 is 1.47 bits per heavy atom. The Kier molecular flexibility index (Phi) is 3.44. The van der Waals surface area contributed by atoms with Gasteiger partial charge in [-0.15, -0.1) is 6.58 Å². The molecule has 3 heteroatoms. The van der Waals surface area contributed by atoms with Gasteiger partial charge in [0.05, 0.1) is 11.7 Å². The van der Waals surface area contributed by atoms with E-state index in [9.17, 15) is 0 Å². The number of benzene rings is 1. The second-order valence-corrected chi connectivity index (χ2v) is 4.51. The van der Waals surface area contributed by atoms with Crippen molar-refractivity contribution >= 4 is 21.6 Å². The van der Waals surface area contributed by atoms with E-state index in [-0.39, 0.29) is 0 Å². The largest absolute Gasteiger partial charge is 0.362 e. The molecule has 1 aromatic rings. The lowest BCUT2D eigenvalue weighted by Crippen LogP contribution is -2.50. The van der Waals surface area contributed by atoms with E-state index in [1.54, 1.807) is 0 Å². The van der Waals surface area contributed by atoms with E-state index >= 15 is 0 Å². The van der Waals surface area contributed by atoms with Gasteiger partial charge in [0, 0.05) is 24.1 Å². The summed E-state index contributed by atoms with van der Waals surface area (Å²) in [6, 6.07) is 8.72. The number of rotatable bonds is 2. The van der Waals surface area contributed by atoms with E-state index in [1.807, 2.05) is 12.1 Å². The molecule has 2 nitrogen and oxygen atoms in total. The summed E-state index contributed by atoms with van der Waals surface area (Å²) in [5.41, 5.74) is 1.25. The van der Waals surface area contributed by atoms with E-state index in [4.69, 9.17) is 0 Å². The van der Waals surface area contributed by atoms with Crippen LogP contribution in [0.2, 0.25) is 0 Å². The number of hydrogen-bond acceptors (Lipinski definition) is 2. The molecule has 15 heavy (non-hydrogen) atoms. The summed E-state index contributed by atoms with van der Waals surface area (Å²) < 4.78 is 1.15. The lowest BCUT2D eigenvalue weighted by Gasteiger charge is -2.36. The summed E-state index contributed by atoms with van der Waals surface area (Å²) in [7, 11) is 0. The molecule has 1 aromatic carbocycles. The number of nitrogens with one attached hydrogen (secondary N) is 1. The Balaban J connectivity index is 2.28. The van der Waals surface area contributed by atoms with Crippen molar-refractivity contribution in [2.45, 2.75) is 6.04 Å². The van der Waals surface area contributed by atoms with Crippen molar-refractivity contribution in [3.63, 3.8) is 0 Å². The van der Waals surface area contributed by atoms with Gasteiger partial charge in [0.25, 0.3) is 0 Å². The van der Waals surface area contributed by atoms with Gasteiger partial charge in [-0.05, 0) is 28.1 Å². The summed E-state index contributed by atoms with van der Waals surface area (Å²) in [5, 5.41) is 3.38. The van der Waals surface area contributed by atoms with Crippen LogP contribution in [0.25, 0.3) is 0 Å². The molecule has 1 aliphatic rings. The van der Waals surface area contributed by atoms with Crippen molar-refractivity contribution in [1.29, 1.82) is 0 Å². The molecule has 0 amide bonds. The van der Waals surface area contributed by atoms with Crippen molar-refractivity contribution < 1.29 is 0 Å². The predicted molar refractivity (Wildman–Crippen MR) is 68.3 cm³/mol. The highest BCUT2D eigenvalue weighted by Gasteiger charge is 2.20. The van der Waals surface area contributed by atoms with E-state index in [2.05, 4.69) is 50.9 Å². The third-order valence-corrected chi connectivity index (χ3v) is 3.39. The highest BCUT2D eigenvalue weighted by molar-refractivity contribution is 9.10. The molecule has 0 unspecified atom stereocenters. The van der Waals surface area contributed by atoms with Gasteiger partial charge in [0.15, 0.2) is 0 Å². The van der Waals surface area contributed by atoms with Gasteiger partial charge >= 0.3 is 0 Å². The lowest BCUT2D eigenvalue weighted by molar-refractivity contribution is 0.529. The average Bonchev–Trinajstić information content (AvgIpc) is 2.30. The first kappa shape index (κ1) is 10.7. The third kappa shape index (κ3) is 2.24. The molecule has 0 bridgehead atoms. The van der Waals surface area contributed by atoms with Crippen molar-refractivity contribution in [2.75, 3.05) is 24.5 Å². The van der Waals surface area contributed by atoms with Gasteiger partial charge in [0.2, 0.25) is 0 Å². The summed E-state index contributed by atoms with van der Waals surface area (Å²) in [6.07, 6.45) is 2.01. The van der Waals surface area contributed by atoms with Gasteiger partial charge < -0.3 is 10.2 Å². The maximum absolute atomic E-state index is 3.89. The number of para-hydroxylation sites is 1. The van der Waals surface area contributed by atoms with Gasteiger partial charge in [0.1, 0.15) is 0 Å². The van der Waals surface area contributed by atoms with Crippen LogP contribution in [0, 0.1) is 0 Å². The third-order valence-electron chi connectivity index (χ3n) is 2.72. The predicted octanol–water partition coefficient (Wildman–Crippen LogP) is 2.41. The Hall–Kier alpha value is -0.800. The first-order valence-corrected chi connectivity index (χ1v) is 5.96. The first-order chi connectivity index (χ1) is 7.33. The zero-order valence-corrected chi connectivity index (χ0v) is 10.2. The van der Waals surface area contributed by atoms with Crippen LogP contribution in [0.5, 0.6) is 0 Å². The van der Waals surface area contributed by atoms with Gasteiger partial charge in [-0.2, -0.15) is 0 Å². The fourth-order valence-electron chi connectivity index (χ4n) is 1.92. The highest BCUT2D eigenvalue weighted by atomic mass is 79.9. The molecular weight excluding hydrogens is 252 g/mol. The Morgan fingerprint density at radius 2 is 2.27 bits per heavy atom. The van der Waals surface area contributed by atoms with Crippen molar-refractivity contribution in [1.82, 2.24) is 5.32 Å². The molecular formula is C12H15BrN2. The zero-order chi connectivity index (χ0) is 10.7. The number of hydrogen-bond donors (Lipinski definition) is 1. The molecule has 0 spiro atoms. The van der Waals surface area contributed by atoms with E-state index in [0.29, 0.717) is 6.04 Å². The van der Waals surface area contributed by atoms with Crippen LogP contribution in [0.3, 0.4) is 0 Å². The molecule has 2 rings (SSSR count). The summed E-state index contributed by atoms with van der Waals surface area (Å²) in [4.78, 5) is 2.38. The average molecular weight is 267 g/mol. The quantitative estimate of drug-likeness (QED) is 0.828. The molecule has 0 radical (unpaired) electrons. The van der Waals surface area contributed by atoms with Crippen LogP contribution in [-0.2, 0) is 0 Å². The molecule has 1 heterocycles. The molecule has 0 saturated carbocycles. The minimum Gasteiger partial charge on any atom is -0.362 e. The number of nitrogens with zero attached hydrogens (tertiary/aromatic N) is 1. The van der Waals surface area contributed by atoms with Crippen molar-refractivity contribution in [3.8, 4) is 0 Å². The maximum atomic E-state index is 3.89. The number of anilines is 1. The first-order valence-electron chi connectivity index (χ1n) is 5.17. The van der Waals surface area contributed by atoms with Crippen molar-refractivity contribution in [3.05, 3.63) is 41.4 Å². The molecule has 1 aliphatic heterocycles. The van der Waals surface area contributed by atoms with Crippen molar-refractivity contribution in [2.24, 2.45) is 0 Å². The summed E-state index contributed by atoms with van der Waals surface area (Å²) in [5.74, 6) is 0. The Morgan fingerprint density at radius 3 is 3.00 bits per heavy atom. The molecule has 80 valence electrons. The Labute approximate surface area is 99.1 Å². The van der Waals surface area contributed by atoms with E-state index in [0.717, 1.165) is 24.1 Å². The molecule has 1 fully saturated rings. The summed E-state index contributed by atoms with van der Waals surface area (Å²) >= 11 is 3.59. The smallest absolute Gasteiger partial charge is 0.0596 e. The normalized spacial score (nSPS) is 21.4. The van der Waals surface area contributed by atoms with Crippen LogP contribution in [0.1, 0.15) is 0 Å². The fourth-order valence-corrected chi connectivity index (χ4v) is 2.43. The van der Waals surface area contributed by atoms with Crippen LogP contribution >= 0.6 is 15.9 Å². The fraction of sp³-hybridized carbons (Fsp3) is 0.333. The SMILES string of the molecule is C=C[C@@H]1CNCCN1c1ccccc1Br. The van der Waals surface area contributed by atoms with E-state index < -0.39 is 0 Å². The Bertz CT molecular complexity index is 351. The molecule has 1 N–H and O–H groups in total. The molecule has 0 aliphatic carbocycles.